The smallest absolute Gasteiger partial charge is 0.464 e. The Morgan fingerprint density at radius 3 is 3.00 bits per heavy atom. The predicted molar refractivity (Wildman–Crippen MR) is 56.5 cm³/mol. The van der Waals surface area contributed by atoms with Crippen LogP contribution in [0.25, 0.3) is 11.3 Å². The van der Waals surface area contributed by atoms with Crippen molar-refractivity contribution in [1.82, 2.24) is 0 Å². The molecule has 0 radical (unpaired) electrons. The fourth-order valence-corrected chi connectivity index (χ4v) is 1.87. The molecule has 0 fully saturated rings. The second-order valence-electron chi connectivity index (χ2n) is 3.67. The number of hydrogen-bond acceptors (Lipinski definition) is 3. The lowest BCUT2D eigenvalue weighted by Crippen LogP contribution is -2.28. The van der Waals surface area contributed by atoms with Crippen LogP contribution in [0.3, 0.4) is 0 Å². The molecule has 1 aliphatic rings. The number of fused-ring (bicyclic) bond motifs is 1. The molecule has 80 valence electrons. The largest absolute Gasteiger partial charge is 0.491 e. The Morgan fingerprint density at radius 1 is 1.38 bits per heavy atom. The molecule has 5 heteroatoms. The van der Waals surface area contributed by atoms with Crippen LogP contribution in [0.5, 0.6) is 0 Å². The van der Waals surface area contributed by atoms with E-state index in [-0.39, 0.29) is 12.4 Å². The number of halogens is 1. The third kappa shape index (κ3) is 1.37. The van der Waals surface area contributed by atoms with Crippen LogP contribution in [-0.4, -0.2) is 12.1 Å². The number of rotatable bonds is 1. The maximum absolute atomic E-state index is 13.7. The number of hydrogen-bond donors (Lipinski definition) is 1. The van der Waals surface area contributed by atoms with Crippen LogP contribution in [0.2, 0.25) is 0 Å². The summed E-state index contributed by atoms with van der Waals surface area (Å²) in [6.45, 7) is 0.242. The van der Waals surface area contributed by atoms with Gasteiger partial charge in [0.05, 0.1) is 18.4 Å². The SMILES string of the molecule is OB1OCc2cc(F)c(-c3ccco3)cc21. The van der Waals surface area contributed by atoms with Crippen molar-refractivity contribution in [3.8, 4) is 11.3 Å². The summed E-state index contributed by atoms with van der Waals surface area (Å²) in [6.07, 6.45) is 1.48. The van der Waals surface area contributed by atoms with Gasteiger partial charge in [0.15, 0.2) is 0 Å². The van der Waals surface area contributed by atoms with E-state index in [0.29, 0.717) is 22.3 Å². The zero-order chi connectivity index (χ0) is 11.1. The summed E-state index contributed by atoms with van der Waals surface area (Å²) in [7, 11) is -0.968. The lowest BCUT2D eigenvalue weighted by Gasteiger charge is -2.03. The van der Waals surface area contributed by atoms with E-state index in [0.717, 1.165) is 0 Å². The first-order chi connectivity index (χ1) is 7.75. The zero-order valence-corrected chi connectivity index (χ0v) is 8.31. The summed E-state index contributed by atoms with van der Waals surface area (Å²) < 4.78 is 23.9. The van der Waals surface area contributed by atoms with Gasteiger partial charge in [0.2, 0.25) is 0 Å². The van der Waals surface area contributed by atoms with Gasteiger partial charge in [-0.15, -0.1) is 0 Å². The number of furan rings is 1. The van der Waals surface area contributed by atoms with Gasteiger partial charge in [-0.05, 0) is 35.3 Å². The summed E-state index contributed by atoms with van der Waals surface area (Å²) in [6, 6.07) is 6.31. The minimum Gasteiger partial charge on any atom is -0.464 e. The van der Waals surface area contributed by atoms with E-state index in [9.17, 15) is 9.41 Å². The van der Waals surface area contributed by atoms with E-state index in [4.69, 9.17) is 9.07 Å². The van der Waals surface area contributed by atoms with Gasteiger partial charge in [-0.1, -0.05) is 0 Å². The van der Waals surface area contributed by atoms with E-state index in [1.807, 2.05) is 0 Å². The molecule has 0 bridgehead atoms. The Kier molecular flexibility index (Phi) is 2.09. The highest BCUT2D eigenvalue weighted by Crippen LogP contribution is 2.25. The highest BCUT2D eigenvalue weighted by Gasteiger charge is 2.29. The van der Waals surface area contributed by atoms with Crippen LogP contribution in [0.4, 0.5) is 4.39 Å². The van der Waals surface area contributed by atoms with Gasteiger partial charge in [0.25, 0.3) is 0 Å². The van der Waals surface area contributed by atoms with Crippen molar-refractivity contribution in [1.29, 1.82) is 0 Å². The second kappa shape index (κ2) is 3.47. The van der Waals surface area contributed by atoms with E-state index >= 15 is 0 Å². The van der Waals surface area contributed by atoms with Crippen LogP contribution in [0.15, 0.2) is 34.9 Å². The topological polar surface area (TPSA) is 42.6 Å². The van der Waals surface area contributed by atoms with Crippen LogP contribution in [0, 0.1) is 5.82 Å². The molecule has 0 atom stereocenters. The van der Waals surface area contributed by atoms with E-state index in [2.05, 4.69) is 0 Å². The third-order valence-electron chi connectivity index (χ3n) is 2.68. The lowest BCUT2D eigenvalue weighted by atomic mass is 9.78. The lowest BCUT2D eigenvalue weighted by molar-refractivity contribution is 0.275. The molecular formula is C11H8BFO3. The minimum atomic E-state index is -0.968. The molecular weight excluding hydrogens is 210 g/mol. The molecule has 1 N–H and O–H groups in total. The fraction of sp³-hybridized carbons (Fsp3) is 0.0909. The Balaban J connectivity index is 2.17. The third-order valence-corrected chi connectivity index (χ3v) is 2.68. The molecule has 2 heterocycles. The second-order valence-corrected chi connectivity index (χ2v) is 3.67. The first kappa shape index (κ1) is 9.63. The maximum Gasteiger partial charge on any atom is 0.491 e. The van der Waals surface area contributed by atoms with Crippen molar-refractivity contribution in [3.05, 3.63) is 41.9 Å². The molecule has 1 aliphatic heterocycles. The Hall–Kier alpha value is -1.59. The Morgan fingerprint density at radius 2 is 2.25 bits per heavy atom. The van der Waals surface area contributed by atoms with Gasteiger partial charge in [-0.3, -0.25) is 0 Å². The Bertz CT molecular complexity index is 524. The number of benzene rings is 1. The molecule has 0 amide bonds. The van der Waals surface area contributed by atoms with E-state index < -0.39 is 7.12 Å². The van der Waals surface area contributed by atoms with Crippen molar-refractivity contribution in [2.45, 2.75) is 6.61 Å². The molecule has 0 saturated carbocycles. The van der Waals surface area contributed by atoms with E-state index in [1.165, 1.54) is 12.3 Å². The average molecular weight is 218 g/mol. The fourth-order valence-electron chi connectivity index (χ4n) is 1.87. The monoisotopic (exact) mass is 218 g/mol. The summed E-state index contributed by atoms with van der Waals surface area (Å²) in [5.41, 5.74) is 1.63. The molecule has 0 spiro atoms. The normalized spacial score (nSPS) is 14.2. The van der Waals surface area contributed by atoms with Gasteiger partial charge in [-0.2, -0.15) is 0 Å². The van der Waals surface area contributed by atoms with E-state index in [1.54, 1.807) is 18.2 Å². The van der Waals surface area contributed by atoms with Crippen LogP contribution in [-0.2, 0) is 11.3 Å². The van der Waals surface area contributed by atoms with Gasteiger partial charge < -0.3 is 14.1 Å². The molecule has 3 rings (SSSR count). The van der Waals surface area contributed by atoms with Gasteiger partial charge in [0, 0.05) is 0 Å². The molecule has 0 unspecified atom stereocenters. The molecule has 0 saturated heterocycles. The van der Waals surface area contributed by atoms with Crippen LogP contribution < -0.4 is 5.46 Å². The molecule has 16 heavy (non-hydrogen) atoms. The average Bonchev–Trinajstić information content (AvgIpc) is 2.88. The molecule has 3 nitrogen and oxygen atoms in total. The summed E-state index contributed by atoms with van der Waals surface area (Å²) in [5.74, 6) is 0.0748. The van der Waals surface area contributed by atoms with Crippen molar-refractivity contribution in [2.75, 3.05) is 0 Å². The Labute approximate surface area is 91.6 Å². The zero-order valence-electron chi connectivity index (χ0n) is 8.31. The predicted octanol–water partition coefficient (Wildman–Crippen LogP) is 1.30. The molecule has 1 aromatic heterocycles. The van der Waals surface area contributed by atoms with Crippen molar-refractivity contribution in [2.24, 2.45) is 0 Å². The van der Waals surface area contributed by atoms with Crippen molar-refractivity contribution < 1.29 is 18.5 Å². The maximum atomic E-state index is 13.7. The first-order valence-electron chi connectivity index (χ1n) is 4.91. The van der Waals surface area contributed by atoms with Gasteiger partial charge in [-0.25, -0.2) is 4.39 Å². The molecule has 0 aliphatic carbocycles. The van der Waals surface area contributed by atoms with Gasteiger partial charge >= 0.3 is 7.12 Å². The van der Waals surface area contributed by atoms with Gasteiger partial charge in [0.1, 0.15) is 11.6 Å². The van der Waals surface area contributed by atoms with Crippen molar-refractivity contribution >= 4 is 12.6 Å². The highest BCUT2D eigenvalue weighted by atomic mass is 19.1. The minimum absolute atomic E-state index is 0.242. The molecule has 2 aromatic rings. The summed E-state index contributed by atoms with van der Waals surface area (Å²) in [5, 5.41) is 9.52. The standard InChI is InChI=1S/C11H8BFO3/c13-10-4-7-6-16-12(14)9(7)5-8(10)11-2-1-3-15-11/h1-5,14H,6H2. The van der Waals surface area contributed by atoms with Crippen molar-refractivity contribution in [3.63, 3.8) is 0 Å². The van der Waals surface area contributed by atoms with Crippen LogP contribution >= 0.6 is 0 Å². The first-order valence-corrected chi connectivity index (χ1v) is 4.91. The highest BCUT2D eigenvalue weighted by molar-refractivity contribution is 6.61. The summed E-state index contributed by atoms with van der Waals surface area (Å²) >= 11 is 0. The quantitative estimate of drug-likeness (QED) is 0.733. The summed E-state index contributed by atoms with van der Waals surface area (Å²) in [4.78, 5) is 0. The van der Waals surface area contributed by atoms with Crippen LogP contribution in [0.1, 0.15) is 5.56 Å². The molecule has 1 aromatic carbocycles.